The van der Waals surface area contributed by atoms with Gasteiger partial charge in [-0.25, -0.2) is 8.42 Å². The lowest BCUT2D eigenvalue weighted by atomic mass is 10.1. The SMILES string of the molecule is Cc1cccc(CNC(=O)CCN(Cc2ccccc2)S(C)(=O)=O)c1. The molecule has 0 heterocycles. The van der Waals surface area contributed by atoms with E-state index >= 15 is 0 Å². The molecule has 5 nitrogen and oxygen atoms in total. The second kappa shape index (κ2) is 8.78. The van der Waals surface area contributed by atoms with Gasteiger partial charge in [0.2, 0.25) is 15.9 Å². The zero-order valence-corrected chi connectivity index (χ0v) is 15.4. The number of hydrogen-bond donors (Lipinski definition) is 1. The van der Waals surface area contributed by atoms with Crippen molar-refractivity contribution in [3.63, 3.8) is 0 Å². The second-order valence-electron chi connectivity index (χ2n) is 6.10. The Kier molecular flexibility index (Phi) is 6.73. The maximum atomic E-state index is 12.1. The molecular weight excluding hydrogens is 336 g/mol. The number of benzene rings is 2. The van der Waals surface area contributed by atoms with Crippen LogP contribution in [0.3, 0.4) is 0 Å². The molecule has 0 fully saturated rings. The summed E-state index contributed by atoms with van der Waals surface area (Å²) < 4.78 is 25.2. The molecule has 2 rings (SSSR count). The Bertz CT molecular complexity index is 804. The molecular formula is C19H24N2O3S. The van der Waals surface area contributed by atoms with E-state index in [1.54, 1.807) is 0 Å². The third kappa shape index (κ3) is 6.68. The summed E-state index contributed by atoms with van der Waals surface area (Å²) in [5.41, 5.74) is 3.06. The Balaban J connectivity index is 1.88. The number of sulfonamides is 1. The normalized spacial score (nSPS) is 11.5. The lowest BCUT2D eigenvalue weighted by Gasteiger charge is -2.19. The van der Waals surface area contributed by atoms with Gasteiger partial charge in [0.25, 0.3) is 0 Å². The molecule has 0 aliphatic heterocycles. The van der Waals surface area contributed by atoms with Crippen LogP contribution in [0.2, 0.25) is 0 Å². The summed E-state index contributed by atoms with van der Waals surface area (Å²) in [5.74, 6) is -0.164. The number of nitrogens with zero attached hydrogens (tertiary/aromatic N) is 1. The minimum Gasteiger partial charge on any atom is -0.352 e. The number of aryl methyl sites for hydroxylation is 1. The van der Waals surface area contributed by atoms with E-state index in [0.717, 1.165) is 16.7 Å². The fraction of sp³-hybridized carbons (Fsp3) is 0.316. The van der Waals surface area contributed by atoms with Crippen molar-refractivity contribution in [3.05, 3.63) is 71.3 Å². The molecule has 134 valence electrons. The highest BCUT2D eigenvalue weighted by Gasteiger charge is 2.18. The van der Waals surface area contributed by atoms with Gasteiger partial charge < -0.3 is 5.32 Å². The van der Waals surface area contributed by atoms with Crippen molar-refractivity contribution in [2.75, 3.05) is 12.8 Å². The fourth-order valence-corrected chi connectivity index (χ4v) is 3.29. The molecule has 0 saturated heterocycles. The van der Waals surface area contributed by atoms with E-state index in [1.165, 1.54) is 10.6 Å². The molecule has 0 saturated carbocycles. The molecule has 0 aliphatic rings. The number of carbonyl (C=O) groups is 1. The molecule has 0 radical (unpaired) electrons. The van der Waals surface area contributed by atoms with Crippen LogP contribution in [-0.2, 0) is 27.9 Å². The Morgan fingerprint density at radius 2 is 1.72 bits per heavy atom. The van der Waals surface area contributed by atoms with Gasteiger partial charge in [-0.15, -0.1) is 0 Å². The van der Waals surface area contributed by atoms with Gasteiger partial charge in [0.05, 0.1) is 6.26 Å². The van der Waals surface area contributed by atoms with Crippen molar-refractivity contribution in [2.24, 2.45) is 0 Å². The first-order chi connectivity index (χ1) is 11.8. The average molecular weight is 360 g/mol. The van der Waals surface area contributed by atoms with Crippen molar-refractivity contribution in [1.29, 1.82) is 0 Å². The monoisotopic (exact) mass is 360 g/mol. The summed E-state index contributed by atoms with van der Waals surface area (Å²) in [6.07, 6.45) is 1.30. The fourth-order valence-electron chi connectivity index (χ4n) is 2.49. The summed E-state index contributed by atoms with van der Waals surface area (Å²) in [6, 6.07) is 17.3. The van der Waals surface area contributed by atoms with Crippen LogP contribution < -0.4 is 5.32 Å². The zero-order valence-electron chi connectivity index (χ0n) is 14.6. The Morgan fingerprint density at radius 3 is 2.36 bits per heavy atom. The number of rotatable bonds is 8. The molecule has 6 heteroatoms. The van der Waals surface area contributed by atoms with Crippen molar-refractivity contribution in [2.45, 2.75) is 26.4 Å². The standard InChI is InChI=1S/C19H24N2O3S/c1-16-7-6-10-18(13-16)14-20-19(22)11-12-21(25(2,23)24)15-17-8-4-3-5-9-17/h3-10,13H,11-12,14-15H2,1-2H3,(H,20,22). The summed E-state index contributed by atoms with van der Waals surface area (Å²) in [6.45, 7) is 2.87. The predicted molar refractivity (Wildman–Crippen MR) is 99.3 cm³/mol. The van der Waals surface area contributed by atoms with E-state index < -0.39 is 10.0 Å². The minimum absolute atomic E-state index is 0.131. The number of hydrogen-bond acceptors (Lipinski definition) is 3. The van der Waals surface area contributed by atoms with Gasteiger partial charge in [-0.05, 0) is 18.1 Å². The van der Waals surface area contributed by atoms with Gasteiger partial charge in [-0.3, -0.25) is 4.79 Å². The molecule has 2 aromatic carbocycles. The lowest BCUT2D eigenvalue weighted by Crippen LogP contribution is -2.34. The first-order valence-electron chi connectivity index (χ1n) is 8.16. The van der Waals surface area contributed by atoms with Crippen LogP contribution >= 0.6 is 0 Å². The van der Waals surface area contributed by atoms with E-state index in [-0.39, 0.29) is 25.4 Å². The second-order valence-corrected chi connectivity index (χ2v) is 8.08. The Labute approximate surface area is 149 Å². The first-order valence-corrected chi connectivity index (χ1v) is 10.0. The van der Waals surface area contributed by atoms with Crippen LogP contribution in [0.1, 0.15) is 23.1 Å². The summed E-state index contributed by atoms with van der Waals surface area (Å²) >= 11 is 0. The van der Waals surface area contributed by atoms with Gasteiger partial charge in [-0.1, -0.05) is 60.2 Å². The quantitative estimate of drug-likeness (QED) is 0.786. The van der Waals surface area contributed by atoms with E-state index in [0.29, 0.717) is 6.54 Å². The van der Waals surface area contributed by atoms with Crippen LogP contribution in [-0.4, -0.2) is 31.4 Å². The highest BCUT2D eigenvalue weighted by molar-refractivity contribution is 7.88. The maximum Gasteiger partial charge on any atom is 0.221 e. The molecule has 0 atom stereocenters. The molecule has 0 unspecified atom stereocenters. The summed E-state index contributed by atoms with van der Waals surface area (Å²) in [4.78, 5) is 12.1. The van der Waals surface area contributed by atoms with Crippen LogP contribution in [0, 0.1) is 6.92 Å². The molecule has 0 bridgehead atoms. The molecule has 0 aromatic heterocycles. The highest BCUT2D eigenvalue weighted by atomic mass is 32.2. The predicted octanol–water partition coefficient (Wildman–Crippen LogP) is 2.46. The number of carbonyl (C=O) groups excluding carboxylic acids is 1. The third-order valence-corrected chi connectivity index (χ3v) is 5.08. The average Bonchev–Trinajstić information content (AvgIpc) is 2.56. The van der Waals surface area contributed by atoms with Crippen molar-refractivity contribution >= 4 is 15.9 Å². The van der Waals surface area contributed by atoms with Gasteiger partial charge in [-0.2, -0.15) is 4.31 Å². The summed E-state index contributed by atoms with van der Waals surface area (Å²) in [5, 5.41) is 2.84. The third-order valence-electron chi connectivity index (χ3n) is 3.83. The van der Waals surface area contributed by atoms with Crippen LogP contribution in [0.5, 0.6) is 0 Å². The number of amides is 1. The molecule has 0 aliphatic carbocycles. The molecule has 1 amide bonds. The van der Waals surface area contributed by atoms with Gasteiger partial charge >= 0.3 is 0 Å². The maximum absolute atomic E-state index is 12.1. The first kappa shape index (κ1) is 19.1. The van der Waals surface area contributed by atoms with Gasteiger partial charge in [0.15, 0.2) is 0 Å². The largest absolute Gasteiger partial charge is 0.352 e. The highest BCUT2D eigenvalue weighted by Crippen LogP contribution is 2.09. The smallest absolute Gasteiger partial charge is 0.221 e. The Hall–Kier alpha value is -2.18. The Morgan fingerprint density at radius 1 is 1.04 bits per heavy atom. The van der Waals surface area contributed by atoms with Gasteiger partial charge in [0.1, 0.15) is 0 Å². The molecule has 1 N–H and O–H groups in total. The van der Waals surface area contributed by atoms with E-state index in [1.807, 2.05) is 61.5 Å². The van der Waals surface area contributed by atoms with E-state index in [2.05, 4.69) is 5.32 Å². The topological polar surface area (TPSA) is 66.5 Å². The van der Waals surface area contributed by atoms with Crippen LogP contribution in [0.25, 0.3) is 0 Å². The van der Waals surface area contributed by atoms with E-state index in [9.17, 15) is 13.2 Å². The molecule has 25 heavy (non-hydrogen) atoms. The van der Waals surface area contributed by atoms with Crippen LogP contribution in [0.15, 0.2) is 54.6 Å². The van der Waals surface area contributed by atoms with Crippen molar-refractivity contribution in [3.8, 4) is 0 Å². The van der Waals surface area contributed by atoms with Crippen molar-refractivity contribution < 1.29 is 13.2 Å². The zero-order chi connectivity index (χ0) is 18.3. The lowest BCUT2D eigenvalue weighted by molar-refractivity contribution is -0.121. The molecule has 2 aromatic rings. The minimum atomic E-state index is -3.38. The van der Waals surface area contributed by atoms with Crippen LogP contribution in [0.4, 0.5) is 0 Å². The number of nitrogens with one attached hydrogen (secondary N) is 1. The summed E-state index contributed by atoms with van der Waals surface area (Å²) in [7, 11) is -3.38. The van der Waals surface area contributed by atoms with E-state index in [4.69, 9.17) is 0 Å². The van der Waals surface area contributed by atoms with Crippen molar-refractivity contribution in [1.82, 2.24) is 9.62 Å². The molecule has 0 spiro atoms. The van der Waals surface area contributed by atoms with Gasteiger partial charge in [0, 0.05) is 26.1 Å².